The standard InChI is InChI=1S/C13H22BNO2/c1-12(2)13(3,4)17-14(16-12)11-7-10-5-6-15(8-10)9-11/h7,10H,5-6,8-9H2,1-4H3. The van der Waals surface area contributed by atoms with Crippen LogP contribution >= 0.6 is 0 Å². The third-order valence-corrected chi connectivity index (χ3v) is 4.72. The lowest BCUT2D eigenvalue weighted by Crippen LogP contribution is -2.41. The molecule has 2 atom stereocenters. The maximum absolute atomic E-state index is 6.11. The van der Waals surface area contributed by atoms with Crippen molar-refractivity contribution in [1.29, 1.82) is 0 Å². The molecule has 2 unspecified atom stereocenters. The first-order valence-electron chi connectivity index (χ1n) is 6.66. The summed E-state index contributed by atoms with van der Waals surface area (Å²) in [5.41, 5.74) is 0.895. The first kappa shape index (κ1) is 11.8. The van der Waals surface area contributed by atoms with Crippen molar-refractivity contribution in [3.63, 3.8) is 0 Å². The first-order chi connectivity index (χ1) is 7.87. The second kappa shape index (κ2) is 3.59. The van der Waals surface area contributed by atoms with E-state index in [0.29, 0.717) is 0 Å². The van der Waals surface area contributed by atoms with Gasteiger partial charge in [-0.05, 0) is 52.1 Å². The van der Waals surface area contributed by atoms with E-state index in [1.54, 1.807) is 0 Å². The van der Waals surface area contributed by atoms with E-state index < -0.39 is 0 Å². The molecule has 94 valence electrons. The third-order valence-electron chi connectivity index (χ3n) is 4.72. The van der Waals surface area contributed by atoms with Gasteiger partial charge in [-0.1, -0.05) is 6.08 Å². The second-order valence-electron chi connectivity index (χ2n) is 6.61. The molecule has 0 N–H and O–H groups in total. The van der Waals surface area contributed by atoms with Crippen LogP contribution < -0.4 is 0 Å². The molecule has 2 bridgehead atoms. The van der Waals surface area contributed by atoms with Gasteiger partial charge in [0.2, 0.25) is 0 Å². The van der Waals surface area contributed by atoms with E-state index in [9.17, 15) is 0 Å². The van der Waals surface area contributed by atoms with Crippen LogP contribution in [0.25, 0.3) is 0 Å². The Labute approximate surface area is 104 Å². The molecular weight excluding hydrogens is 213 g/mol. The van der Waals surface area contributed by atoms with Crippen molar-refractivity contribution in [1.82, 2.24) is 4.90 Å². The number of nitrogens with zero attached hydrogens (tertiary/aromatic N) is 1. The molecule has 0 aromatic carbocycles. The summed E-state index contributed by atoms with van der Waals surface area (Å²) in [5.74, 6) is 0.720. The Morgan fingerprint density at radius 3 is 2.47 bits per heavy atom. The SMILES string of the molecule is CC1(C)OB(C2=CC3CCN(C2)C3)OC1(C)C. The fourth-order valence-electron chi connectivity index (χ4n) is 2.90. The number of hydrogen-bond donors (Lipinski definition) is 0. The van der Waals surface area contributed by atoms with Crippen molar-refractivity contribution in [2.75, 3.05) is 19.6 Å². The molecule has 0 aromatic heterocycles. The van der Waals surface area contributed by atoms with Crippen LogP contribution in [0, 0.1) is 5.92 Å². The summed E-state index contributed by atoms with van der Waals surface area (Å²) >= 11 is 0. The van der Waals surface area contributed by atoms with E-state index in [4.69, 9.17) is 9.31 Å². The van der Waals surface area contributed by atoms with Crippen LogP contribution in [0.4, 0.5) is 0 Å². The molecule has 3 aliphatic heterocycles. The molecular formula is C13H22BNO2. The van der Waals surface area contributed by atoms with Crippen LogP contribution in [-0.2, 0) is 9.31 Å². The summed E-state index contributed by atoms with van der Waals surface area (Å²) in [4.78, 5) is 2.50. The van der Waals surface area contributed by atoms with Crippen molar-refractivity contribution < 1.29 is 9.31 Å². The van der Waals surface area contributed by atoms with Crippen molar-refractivity contribution in [2.45, 2.75) is 45.3 Å². The van der Waals surface area contributed by atoms with Crippen LogP contribution in [0.1, 0.15) is 34.1 Å². The van der Waals surface area contributed by atoms with Gasteiger partial charge in [0.05, 0.1) is 11.2 Å². The smallest absolute Gasteiger partial charge is 0.400 e. The minimum absolute atomic E-state index is 0.136. The van der Waals surface area contributed by atoms with E-state index in [1.165, 1.54) is 25.0 Å². The summed E-state index contributed by atoms with van der Waals surface area (Å²) < 4.78 is 12.2. The van der Waals surface area contributed by atoms with Gasteiger partial charge in [0.25, 0.3) is 0 Å². The Bertz CT molecular complexity index is 348. The van der Waals surface area contributed by atoms with Crippen molar-refractivity contribution in [2.24, 2.45) is 5.92 Å². The molecule has 0 spiro atoms. The van der Waals surface area contributed by atoms with Crippen molar-refractivity contribution in [3.05, 3.63) is 11.5 Å². The molecule has 3 heterocycles. The number of fused-ring (bicyclic) bond motifs is 2. The number of rotatable bonds is 1. The zero-order valence-corrected chi connectivity index (χ0v) is 11.3. The first-order valence-corrected chi connectivity index (χ1v) is 6.66. The van der Waals surface area contributed by atoms with Crippen LogP contribution in [0.15, 0.2) is 11.5 Å². The largest absolute Gasteiger partial charge is 0.491 e. The van der Waals surface area contributed by atoms with E-state index >= 15 is 0 Å². The zero-order chi connectivity index (χ0) is 12.3. The maximum Gasteiger partial charge on any atom is 0.491 e. The molecule has 3 rings (SSSR count). The highest BCUT2D eigenvalue weighted by molar-refractivity contribution is 6.54. The van der Waals surface area contributed by atoms with Crippen LogP contribution in [0.5, 0.6) is 0 Å². The monoisotopic (exact) mass is 235 g/mol. The summed E-state index contributed by atoms with van der Waals surface area (Å²) in [6.45, 7) is 11.9. The molecule has 3 nitrogen and oxygen atoms in total. The Morgan fingerprint density at radius 2 is 1.88 bits per heavy atom. The molecule has 0 aromatic rings. The number of hydrogen-bond acceptors (Lipinski definition) is 3. The van der Waals surface area contributed by atoms with Crippen molar-refractivity contribution in [3.8, 4) is 0 Å². The van der Waals surface area contributed by atoms with Gasteiger partial charge in [0, 0.05) is 13.1 Å². The van der Waals surface area contributed by atoms with Gasteiger partial charge in [-0.3, -0.25) is 4.90 Å². The Kier molecular flexibility index (Phi) is 2.48. The summed E-state index contributed by atoms with van der Waals surface area (Å²) in [6, 6.07) is 0. The van der Waals surface area contributed by atoms with Gasteiger partial charge in [-0.2, -0.15) is 0 Å². The minimum Gasteiger partial charge on any atom is -0.400 e. The van der Waals surface area contributed by atoms with E-state index in [2.05, 4.69) is 38.7 Å². The Balaban J connectivity index is 1.79. The molecule has 0 radical (unpaired) electrons. The summed E-state index contributed by atoms with van der Waals surface area (Å²) in [7, 11) is -0.136. The third kappa shape index (κ3) is 1.87. The Hall–Kier alpha value is -0.315. The molecule has 3 aliphatic rings. The topological polar surface area (TPSA) is 21.7 Å². The average molecular weight is 235 g/mol. The van der Waals surface area contributed by atoms with E-state index in [1.807, 2.05) is 0 Å². The van der Waals surface area contributed by atoms with E-state index in [-0.39, 0.29) is 18.3 Å². The van der Waals surface area contributed by atoms with E-state index in [0.717, 1.165) is 12.5 Å². The minimum atomic E-state index is -0.218. The molecule has 0 saturated carbocycles. The maximum atomic E-state index is 6.11. The summed E-state index contributed by atoms with van der Waals surface area (Å²) in [6.07, 6.45) is 3.69. The fourth-order valence-corrected chi connectivity index (χ4v) is 2.90. The van der Waals surface area contributed by atoms with Crippen LogP contribution in [0.3, 0.4) is 0 Å². The molecule has 2 fully saturated rings. The molecule has 0 aliphatic carbocycles. The quantitative estimate of drug-likeness (QED) is 0.648. The van der Waals surface area contributed by atoms with Gasteiger partial charge in [-0.15, -0.1) is 0 Å². The fraction of sp³-hybridized carbons (Fsp3) is 0.846. The highest BCUT2D eigenvalue weighted by atomic mass is 16.7. The lowest BCUT2D eigenvalue weighted by Gasteiger charge is -2.32. The van der Waals surface area contributed by atoms with Gasteiger partial charge >= 0.3 is 7.12 Å². The highest BCUT2D eigenvalue weighted by Gasteiger charge is 2.53. The lowest BCUT2D eigenvalue weighted by atomic mass is 9.75. The predicted octanol–water partition coefficient (Wildman–Crippen LogP) is 1.88. The molecule has 2 saturated heterocycles. The zero-order valence-electron chi connectivity index (χ0n) is 11.3. The van der Waals surface area contributed by atoms with Crippen LogP contribution in [-0.4, -0.2) is 42.9 Å². The van der Waals surface area contributed by atoms with Gasteiger partial charge in [0.1, 0.15) is 0 Å². The normalized spacial score (nSPS) is 38.4. The van der Waals surface area contributed by atoms with Gasteiger partial charge < -0.3 is 9.31 Å². The second-order valence-corrected chi connectivity index (χ2v) is 6.61. The summed E-state index contributed by atoms with van der Waals surface area (Å²) in [5, 5.41) is 0. The van der Waals surface area contributed by atoms with Crippen molar-refractivity contribution >= 4 is 7.12 Å². The van der Waals surface area contributed by atoms with Crippen LogP contribution in [0.2, 0.25) is 0 Å². The molecule has 17 heavy (non-hydrogen) atoms. The lowest BCUT2D eigenvalue weighted by molar-refractivity contribution is 0.00578. The van der Waals surface area contributed by atoms with Gasteiger partial charge in [0.15, 0.2) is 0 Å². The highest BCUT2D eigenvalue weighted by Crippen LogP contribution is 2.40. The Morgan fingerprint density at radius 1 is 1.24 bits per heavy atom. The van der Waals surface area contributed by atoms with Gasteiger partial charge in [-0.25, -0.2) is 0 Å². The predicted molar refractivity (Wildman–Crippen MR) is 68.7 cm³/mol. The molecule has 0 amide bonds. The average Bonchev–Trinajstić information content (AvgIpc) is 2.65. The molecule has 4 heteroatoms.